The number of benzene rings is 1. The van der Waals surface area contributed by atoms with Crippen LogP contribution in [0.2, 0.25) is 0 Å². The van der Waals surface area contributed by atoms with Gasteiger partial charge in [-0.25, -0.2) is 0 Å². The Kier molecular flexibility index (Phi) is 4.29. The molecule has 132 valence electrons. The van der Waals surface area contributed by atoms with Gasteiger partial charge in [-0.2, -0.15) is 4.98 Å². The van der Waals surface area contributed by atoms with Crippen molar-refractivity contribution in [1.82, 2.24) is 15.0 Å². The van der Waals surface area contributed by atoms with Gasteiger partial charge in [0.15, 0.2) is 5.82 Å². The highest BCUT2D eigenvalue weighted by atomic mass is 16.5. The van der Waals surface area contributed by atoms with Gasteiger partial charge in [0.2, 0.25) is 11.8 Å². The number of amides is 1. The number of anilines is 1. The van der Waals surface area contributed by atoms with E-state index in [0.29, 0.717) is 12.4 Å². The molecule has 1 fully saturated rings. The summed E-state index contributed by atoms with van der Waals surface area (Å²) < 4.78 is 5.35. The molecule has 25 heavy (non-hydrogen) atoms. The van der Waals surface area contributed by atoms with E-state index < -0.39 is 0 Å². The number of fused-ring (bicyclic) bond motifs is 1. The summed E-state index contributed by atoms with van der Waals surface area (Å²) in [6.07, 6.45) is 2.97. The third-order valence-corrected chi connectivity index (χ3v) is 5.14. The van der Waals surface area contributed by atoms with Crippen LogP contribution in [0.25, 0.3) is 0 Å². The maximum absolute atomic E-state index is 12.9. The van der Waals surface area contributed by atoms with Crippen molar-refractivity contribution in [1.29, 1.82) is 0 Å². The molecule has 0 unspecified atom stereocenters. The molecule has 1 saturated heterocycles. The lowest BCUT2D eigenvalue weighted by atomic mass is 10.2. The van der Waals surface area contributed by atoms with Crippen LogP contribution in [-0.4, -0.2) is 40.6 Å². The fraction of sp³-hybridized carbons (Fsp3) is 0.526. The van der Waals surface area contributed by atoms with Gasteiger partial charge in [-0.1, -0.05) is 37.2 Å². The van der Waals surface area contributed by atoms with E-state index in [2.05, 4.69) is 21.1 Å². The Morgan fingerprint density at radius 2 is 2.16 bits per heavy atom. The Morgan fingerprint density at radius 1 is 1.32 bits per heavy atom. The molecule has 0 saturated carbocycles. The molecule has 6 heteroatoms. The van der Waals surface area contributed by atoms with E-state index in [1.54, 1.807) is 0 Å². The first-order valence-corrected chi connectivity index (χ1v) is 9.09. The SMILES string of the molecule is CC(C)c1nc([C@@H]2CCCN2CC(=O)N2CCc3ccccc32)no1. The van der Waals surface area contributed by atoms with Crippen molar-refractivity contribution in [3.05, 3.63) is 41.5 Å². The van der Waals surface area contributed by atoms with Crippen molar-refractivity contribution in [2.24, 2.45) is 0 Å². The molecule has 0 N–H and O–H groups in total. The second kappa shape index (κ2) is 6.59. The first kappa shape index (κ1) is 16.3. The van der Waals surface area contributed by atoms with Crippen LogP contribution in [-0.2, 0) is 11.2 Å². The molecule has 2 aliphatic rings. The summed E-state index contributed by atoms with van der Waals surface area (Å²) >= 11 is 0. The number of nitrogens with zero attached hydrogens (tertiary/aromatic N) is 4. The maximum atomic E-state index is 12.9. The zero-order chi connectivity index (χ0) is 17.4. The monoisotopic (exact) mass is 340 g/mol. The Labute approximate surface area is 147 Å². The first-order chi connectivity index (χ1) is 12.1. The second-order valence-electron chi connectivity index (χ2n) is 7.20. The summed E-state index contributed by atoms with van der Waals surface area (Å²) in [4.78, 5) is 21.5. The van der Waals surface area contributed by atoms with Crippen LogP contribution in [0.5, 0.6) is 0 Å². The molecule has 1 aromatic heterocycles. The normalized spacial score (nSPS) is 20.4. The van der Waals surface area contributed by atoms with Crippen molar-refractivity contribution >= 4 is 11.6 Å². The van der Waals surface area contributed by atoms with Crippen LogP contribution in [0.1, 0.15) is 55.9 Å². The van der Waals surface area contributed by atoms with E-state index in [4.69, 9.17) is 4.52 Å². The molecule has 0 spiro atoms. The summed E-state index contributed by atoms with van der Waals surface area (Å²) in [5.74, 6) is 1.76. The molecule has 2 aromatic rings. The van der Waals surface area contributed by atoms with Crippen molar-refractivity contribution < 1.29 is 9.32 Å². The number of hydrogen-bond donors (Lipinski definition) is 0. The molecule has 1 amide bonds. The summed E-state index contributed by atoms with van der Waals surface area (Å²) in [7, 11) is 0. The van der Waals surface area contributed by atoms with E-state index >= 15 is 0 Å². The molecular formula is C19H24N4O2. The Hall–Kier alpha value is -2.21. The molecule has 2 aliphatic heterocycles. The second-order valence-corrected chi connectivity index (χ2v) is 7.20. The number of rotatable bonds is 4. The van der Waals surface area contributed by atoms with Crippen molar-refractivity contribution in [3.63, 3.8) is 0 Å². The van der Waals surface area contributed by atoms with E-state index in [-0.39, 0.29) is 17.9 Å². The number of carbonyl (C=O) groups is 1. The minimum atomic E-state index is 0.0815. The van der Waals surface area contributed by atoms with Crippen LogP contribution >= 0.6 is 0 Å². The lowest BCUT2D eigenvalue weighted by molar-refractivity contribution is -0.119. The molecule has 3 heterocycles. The van der Waals surface area contributed by atoms with Crippen molar-refractivity contribution in [2.75, 3.05) is 24.5 Å². The van der Waals surface area contributed by atoms with E-state index in [1.807, 2.05) is 36.9 Å². The van der Waals surface area contributed by atoms with Crippen molar-refractivity contribution in [2.45, 2.75) is 45.1 Å². The van der Waals surface area contributed by atoms with Gasteiger partial charge in [-0.3, -0.25) is 9.69 Å². The molecule has 0 bridgehead atoms. The van der Waals surface area contributed by atoms with Gasteiger partial charge in [0.1, 0.15) is 0 Å². The van der Waals surface area contributed by atoms with Gasteiger partial charge < -0.3 is 9.42 Å². The summed E-state index contributed by atoms with van der Waals surface area (Å²) in [6, 6.07) is 8.25. The molecule has 1 atom stereocenters. The minimum absolute atomic E-state index is 0.0815. The van der Waals surface area contributed by atoms with Gasteiger partial charge in [0, 0.05) is 18.2 Å². The number of aromatic nitrogens is 2. The Morgan fingerprint density at radius 3 is 2.96 bits per heavy atom. The lowest BCUT2D eigenvalue weighted by Gasteiger charge is -2.25. The van der Waals surface area contributed by atoms with Gasteiger partial charge >= 0.3 is 0 Å². The highest BCUT2D eigenvalue weighted by molar-refractivity contribution is 5.96. The average molecular weight is 340 g/mol. The van der Waals surface area contributed by atoms with Crippen LogP contribution in [0.3, 0.4) is 0 Å². The molecule has 4 rings (SSSR count). The first-order valence-electron chi connectivity index (χ1n) is 9.09. The van der Waals surface area contributed by atoms with Crippen LogP contribution in [0.4, 0.5) is 5.69 Å². The third-order valence-electron chi connectivity index (χ3n) is 5.14. The van der Waals surface area contributed by atoms with Gasteiger partial charge in [0.05, 0.1) is 12.6 Å². The van der Waals surface area contributed by atoms with Crippen molar-refractivity contribution in [3.8, 4) is 0 Å². The third kappa shape index (κ3) is 3.06. The number of hydrogen-bond acceptors (Lipinski definition) is 5. The molecular weight excluding hydrogens is 316 g/mol. The molecule has 0 aliphatic carbocycles. The molecule has 1 aromatic carbocycles. The maximum Gasteiger partial charge on any atom is 0.241 e. The lowest BCUT2D eigenvalue weighted by Crippen LogP contribution is -2.39. The predicted octanol–water partition coefficient (Wildman–Crippen LogP) is 2.92. The summed E-state index contributed by atoms with van der Waals surface area (Å²) in [6.45, 7) is 6.16. The topological polar surface area (TPSA) is 62.5 Å². The molecule has 0 radical (unpaired) electrons. The number of likely N-dealkylation sites (tertiary alicyclic amines) is 1. The highest BCUT2D eigenvalue weighted by Gasteiger charge is 2.33. The molecule has 6 nitrogen and oxygen atoms in total. The fourth-order valence-corrected chi connectivity index (χ4v) is 3.78. The predicted molar refractivity (Wildman–Crippen MR) is 94.4 cm³/mol. The largest absolute Gasteiger partial charge is 0.339 e. The van der Waals surface area contributed by atoms with Gasteiger partial charge in [-0.15, -0.1) is 0 Å². The number of para-hydroxylation sites is 1. The highest BCUT2D eigenvalue weighted by Crippen LogP contribution is 2.32. The smallest absolute Gasteiger partial charge is 0.241 e. The van der Waals surface area contributed by atoms with Gasteiger partial charge in [0.25, 0.3) is 0 Å². The zero-order valence-corrected chi connectivity index (χ0v) is 14.8. The van der Waals surface area contributed by atoms with E-state index in [0.717, 1.165) is 43.9 Å². The quantitative estimate of drug-likeness (QED) is 0.856. The Balaban J connectivity index is 1.47. The van der Waals surface area contributed by atoms with Crippen LogP contribution < -0.4 is 4.90 Å². The average Bonchev–Trinajstić information content (AvgIpc) is 3.33. The van der Waals surface area contributed by atoms with E-state index in [1.165, 1.54) is 5.56 Å². The van der Waals surface area contributed by atoms with Gasteiger partial charge in [-0.05, 0) is 37.4 Å². The van der Waals surface area contributed by atoms with Crippen LogP contribution in [0, 0.1) is 0 Å². The van der Waals surface area contributed by atoms with Crippen LogP contribution in [0.15, 0.2) is 28.8 Å². The minimum Gasteiger partial charge on any atom is -0.339 e. The van der Waals surface area contributed by atoms with E-state index in [9.17, 15) is 4.79 Å². The standard InChI is InChI=1S/C19H24N4O2/c1-13(2)19-20-18(21-25-19)16-8-5-10-22(16)12-17(24)23-11-9-14-6-3-4-7-15(14)23/h3-4,6-7,13,16H,5,8-12H2,1-2H3/t16-/m0/s1. The number of carbonyl (C=O) groups excluding carboxylic acids is 1. The zero-order valence-electron chi connectivity index (χ0n) is 14.8. The fourth-order valence-electron chi connectivity index (χ4n) is 3.78. The summed E-state index contributed by atoms with van der Waals surface area (Å²) in [5, 5.41) is 4.16. The summed E-state index contributed by atoms with van der Waals surface area (Å²) in [5.41, 5.74) is 2.32. The Bertz CT molecular complexity index is 770.